The molecular formula is C52H34N6. The van der Waals surface area contributed by atoms with Gasteiger partial charge >= 0.3 is 0 Å². The number of benzene rings is 5. The predicted octanol–water partition coefficient (Wildman–Crippen LogP) is 12.4. The lowest BCUT2D eigenvalue weighted by atomic mass is 9.68. The fourth-order valence-corrected chi connectivity index (χ4v) is 8.57. The van der Waals surface area contributed by atoms with Crippen LogP contribution >= 0.6 is 0 Å². The standard InChI is InChI=1S/C52H34N6/c53-33-41-31-39(35-11-3-1-4-12-35)21-25-45(41)57(49-15-7-9-29-55-49)47-27-19-37-18-24-44-48(28-20-38-17-23-43(47)51(37)52(38)44)58(50-16-8-10-30-56-50)46-26-22-40(32-42(46)34-54)36-13-5-2-6-14-36/h1-32,37,51H. The van der Waals surface area contributed by atoms with Crippen LogP contribution < -0.4 is 9.80 Å². The zero-order valence-corrected chi connectivity index (χ0v) is 31.3. The summed E-state index contributed by atoms with van der Waals surface area (Å²) in [6.07, 6.45) is 17.0. The van der Waals surface area contributed by atoms with E-state index in [-0.39, 0.29) is 11.8 Å². The van der Waals surface area contributed by atoms with Crippen LogP contribution in [0, 0.1) is 28.6 Å². The van der Waals surface area contributed by atoms with Crippen molar-refractivity contribution < 1.29 is 0 Å². The molecule has 0 bridgehead atoms. The lowest BCUT2D eigenvalue weighted by Gasteiger charge is -2.40. The summed E-state index contributed by atoms with van der Waals surface area (Å²) in [6, 6.07) is 53.5. The van der Waals surface area contributed by atoms with Gasteiger partial charge in [0, 0.05) is 29.8 Å². The number of hydrogen-bond donors (Lipinski definition) is 0. The normalized spacial score (nSPS) is 15.6. The minimum atomic E-state index is -0.0123. The Kier molecular flexibility index (Phi) is 8.63. The molecule has 0 aliphatic heterocycles. The van der Waals surface area contributed by atoms with Crippen LogP contribution in [0.4, 0.5) is 28.7 Å². The van der Waals surface area contributed by atoms with Crippen molar-refractivity contribution in [3.8, 4) is 34.4 Å². The lowest BCUT2D eigenvalue weighted by Crippen LogP contribution is -2.28. The van der Waals surface area contributed by atoms with Crippen LogP contribution in [0.2, 0.25) is 0 Å². The van der Waals surface area contributed by atoms with Gasteiger partial charge in [-0.15, -0.1) is 0 Å². The molecule has 6 nitrogen and oxygen atoms in total. The number of nitrogens with zero attached hydrogens (tertiary/aromatic N) is 6. The molecule has 2 aromatic heterocycles. The molecule has 0 spiro atoms. The molecule has 58 heavy (non-hydrogen) atoms. The second-order valence-corrected chi connectivity index (χ2v) is 14.4. The van der Waals surface area contributed by atoms with Crippen LogP contribution in [0.25, 0.3) is 34.4 Å². The van der Waals surface area contributed by atoms with Crippen LogP contribution in [-0.2, 0) is 0 Å². The number of allylic oxidation sites excluding steroid dienone is 5. The highest BCUT2D eigenvalue weighted by Crippen LogP contribution is 2.53. The third-order valence-corrected chi connectivity index (χ3v) is 11.2. The minimum Gasteiger partial charge on any atom is -0.293 e. The molecule has 272 valence electrons. The molecule has 3 aliphatic rings. The number of aromatic nitrogens is 2. The van der Waals surface area contributed by atoms with E-state index in [0.717, 1.165) is 67.5 Å². The molecule has 0 amide bonds. The number of pyridine rings is 2. The summed E-state index contributed by atoms with van der Waals surface area (Å²) >= 11 is 0. The Hall–Kier alpha value is -8.06. The van der Waals surface area contributed by atoms with Gasteiger partial charge in [-0.2, -0.15) is 10.5 Å². The first kappa shape index (κ1) is 34.4. The van der Waals surface area contributed by atoms with E-state index >= 15 is 0 Å². The van der Waals surface area contributed by atoms with E-state index < -0.39 is 0 Å². The Morgan fingerprint density at radius 3 is 1.62 bits per heavy atom. The van der Waals surface area contributed by atoms with Gasteiger partial charge in [0.15, 0.2) is 0 Å². The fourth-order valence-electron chi connectivity index (χ4n) is 8.57. The van der Waals surface area contributed by atoms with Crippen LogP contribution in [0.5, 0.6) is 0 Å². The average Bonchev–Trinajstić information content (AvgIpc) is 3.30. The van der Waals surface area contributed by atoms with Crippen LogP contribution in [-0.4, -0.2) is 9.97 Å². The van der Waals surface area contributed by atoms with E-state index in [1.54, 1.807) is 12.4 Å². The molecule has 0 radical (unpaired) electrons. The second kappa shape index (κ2) is 14.5. The molecule has 2 heterocycles. The van der Waals surface area contributed by atoms with Gasteiger partial charge in [-0.05, 0) is 99.6 Å². The molecule has 0 N–H and O–H groups in total. The van der Waals surface area contributed by atoms with E-state index in [4.69, 9.17) is 9.97 Å². The van der Waals surface area contributed by atoms with Crippen LogP contribution in [0.1, 0.15) is 33.7 Å². The molecule has 2 unspecified atom stereocenters. The smallest absolute Gasteiger partial charge is 0.137 e. The average molecular weight is 743 g/mol. The molecule has 6 heteroatoms. The Morgan fingerprint density at radius 2 is 1.03 bits per heavy atom. The summed E-state index contributed by atoms with van der Waals surface area (Å²) in [4.78, 5) is 13.9. The van der Waals surface area contributed by atoms with Gasteiger partial charge in [0.05, 0.1) is 33.9 Å². The van der Waals surface area contributed by atoms with Gasteiger partial charge in [0.2, 0.25) is 0 Å². The highest BCUT2D eigenvalue weighted by Gasteiger charge is 2.38. The second-order valence-electron chi connectivity index (χ2n) is 14.4. The van der Waals surface area contributed by atoms with Crippen molar-refractivity contribution in [1.29, 1.82) is 10.5 Å². The highest BCUT2D eigenvalue weighted by atomic mass is 15.2. The van der Waals surface area contributed by atoms with E-state index in [9.17, 15) is 10.5 Å². The molecule has 0 saturated heterocycles. The summed E-state index contributed by atoms with van der Waals surface area (Å²) in [5.41, 5.74) is 13.1. The first-order chi connectivity index (χ1) is 28.7. The third-order valence-electron chi connectivity index (χ3n) is 11.2. The molecule has 2 atom stereocenters. The maximum absolute atomic E-state index is 10.6. The van der Waals surface area contributed by atoms with Gasteiger partial charge in [-0.1, -0.05) is 121 Å². The van der Waals surface area contributed by atoms with Crippen molar-refractivity contribution >= 4 is 40.8 Å². The Bertz CT molecular complexity index is 2920. The van der Waals surface area contributed by atoms with E-state index in [1.807, 2.05) is 97.1 Å². The van der Waals surface area contributed by atoms with E-state index in [1.165, 1.54) is 5.56 Å². The maximum Gasteiger partial charge on any atom is 0.137 e. The Balaban J connectivity index is 1.14. The van der Waals surface area contributed by atoms with Crippen molar-refractivity contribution in [3.05, 3.63) is 221 Å². The van der Waals surface area contributed by atoms with Gasteiger partial charge in [0.1, 0.15) is 23.8 Å². The number of hydrogen-bond acceptors (Lipinski definition) is 6. The van der Waals surface area contributed by atoms with Crippen molar-refractivity contribution in [3.63, 3.8) is 0 Å². The molecule has 0 saturated carbocycles. The monoisotopic (exact) mass is 742 g/mol. The van der Waals surface area contributed by atoms with Gasteiger partial charge in [0.25, 0.3) is 0 Å². The summed E-state index contributed by atoms with van der Waals surface area (Å²) in [6.45, 7) is 0. The SMILES string of the molecule is N#Cc1cc(-c2ccccc2)ccc1N(C1=C2C=Cc3ccc(N(c4ccccn4)c4ccc(-c5ccccc5)cc4C#N)c4c3C2C(C=C1)C=C4)c1ccccn1. The summed E-state index contributed by atoms with van der Waals surface area (Å²) < 4.78 is 0. The van der Waals surface area contributed by atoms with E-state index in [0.29, 0.717) is 16.9 Å². The van der Waals surface area contributed by atoms with Gasteiger partial charge in [-0.25, -0.2) is 9.97 Å². The summed E-state index contributed by atoms with van der Waals surface area (Å²) in [5, 5.41) is 21.3. The molecular weight excluding hydrogens is 709 g/mol. The number of rotatable bonds is 8. The first-order valence-corrected chi connectivity index (χ1v) is 19.3. The molecule has 0 fully saturated rings. The molecule has 3 aliphatic carbocycles. The topological polar surface area (TPSA) is 79.8 Å². The summed E-state index contributed by atoms with van der Waals surface area (Å²) in [5.74, 6) is 1.53. The number of anilines is 5. The first-order valence-electron chi connectivity index (χ1n) is 19.3. The van der Waals surface area contributed by atoms with Crippen molar-refractivity contribution in [2.45, 2.75) is 5.92 Å². The zero-order valence-electron chi connectivity index (χ0n) is 31.3. The van der Waals surface area contributed by atoms with Gasteiger partial charge in [-0.3, -0.25) is 9.80 Å². The molecule has 10 rings (SSSR count). The largest absolute Gasteiger partial charge is 0.293 e. The Morgan fingerprint density at radius 1 is 0.483 bits per heavy atom. The Labute approximate surface area is 337 Å². The van der Waals surface area contributed by atoms with Crippen LogP contribution in [0.15, 0.2) is 194 Å². The molecule has 5 aromatic carbocycles. The molecule has 7 aromatic rings. The number of nitriles is 2. The van der Waals surface area contributed by atoms with Crippen molar-refractivity contribution in [1.82, 2.24) is 9.97 Å². The van der Waals surface area contributed by atoms with E-state index in [2.05, 4.69) is 107 Å². The lowest BCUT2D eigenvalue weighted by molar-refractivity contribution is 0.655. The minimum absolute atomic E-state index is 0.0123. The predicted molar refractivity (Wildman–Crippen MR) is 233 cm³/mol. The van der Waals surface area contributed by atoms with Gasteiger partial charge < -0.3 is 0 Å². The van der Waals surface area contributed by atoms with Crippen LogP contribution in [0.3, 0.4) is 0 Å². The van der Waals surface area contributed by atoms with Crippen molar-refractivity contribution in [2.75, 3.05) is 9.80 Å². The zero-order chi connectivity index (χ0) is 39.0. The van der Waals surface area contributed by atoms with Crippen molar-refractivity contribution in [2.24, 2.45) is 5.92 Å². The fraction of sp³-hybridized carbons (Fsp3) is 0.0385. The highest BCUT2D eigenvalue weighted by molar-refractivity contribution is 5.90. The summed E-state index contributed by atoms with van der Waals surface area (Å²) in [7, 11) is 0. The maximum atomic E-state index is 10.6. The third kappa shape index (κ3) is 5.89. The quantitative estimate of drug-likeness (QED) is 0.154.